The van der Waals surface area contributed by atoms with Gasteiger partial charge in [-0.25, -0.2) is 4.98 Å². The molecule has 21 heavy (non-hydrogen) atoms. The third-order valence-corrected chi connectivity index (χ3v) is 3.03. The molecule has 1 aromatic heterocycles. The van der Waals surface area contributed by atoms with Gasteiger partial charge in [0.2, 0.25) is 5.95 Å². The zero-order valence-corrected chi connectivity index (χ0v) is 12.0. The first kappa shape index (κ1) is 14.8. The number of carbonyl (C=O) groups is 1. The summed E-state index contributed by atoms with van der Waals surface area (Å²) in [5.74, 6) is -0.304. The fraction of sp³-hybridized carbons (Fsp3) is 0.267. The van der Waals surface area contributed by atoms with Gasteiger partial charge in [-0.3, -0.25) is 4.79 Å². The number of hydrogen-bond acceptors (Lipinski definition) is 5. The SMILES string of the molecule is CN(C)c1nccc(NCC(C(=O)O)c2ccccc2)n1. The van der Waals surface area contributed by atoms with E-state index in [0.29, 0.717) is 11.8 Å². The minimum Gasteiger partial charge on any atom is -0.481 e. The van der Waals surface area contributed by atoms with Crippen LogP contribution in [0.4, 0.5) is 11.8 Å². The van der Waals surface area contributed by atoms with Crippen LogP contribution in [0.3, 0.4) is 0 Å². The van der Waals surface area contributed by atoms with Crippen LogP contribution >= 0.6 is 0 Å². The molecule has 6 heteroatoms. The average Bonchev–Trinajstić information content (AvgIpc) is 2.48. The van der Waals surface area contributed by atoms with Crippen LogP contribution in [0.5, 0.6) is 0 Å². The van der Waals surface area contributed by atoms with Gasteiger partial charge in [-0.2, -0.15) is 4.98 Å². The Balaban J connectivity index is 2.09. The summed E-state index contributed by atoms with van der Waals surface area (Å²) in [6, 6.07) is 10.9. The molecular weight excluding hydrogens is 268 g/mol. The molecule has 0 bridgehead atoms. The molecule has 1 unspecified atom stereocenters. The first-order valence-corrected chi connectivity index (χ1v) is 6.60. The highest BCUT2D eigenvalue weighted by atomic mass is 16.4. The number of nitrogens with zero attached hydrogens (tertiary/aromatic N) is 3. The predicted octanol–water partition coefficient (Wildman–Crippen LogP) is 1.82. The molecule has 2 aromatic rings. The second-order valence-corrected chi connectivity index (χ2v) is 4.82. The second kappa shape index (κ2) is 6.69. The Morgan fingerprint density at radius 3 is 2.62 bits per heavy atom. The van der Waals surface area contributed by atoms with E-state index >= 15 is 0 Å². The molecule has 0 saturated heterocycles. The van der Waals surface area contributed by atoms with Gasteiger partial charge in [-0.1, -0.05) is 30.3 Å². The zero-order chi connectivity index (χ0) is 15.2. The number of anilines is 2. The molecule has 1 aromatic carbocycles. The molecular formula is C15H18N4O2. The fourth-order valence-corrected chi connectivity index (χ4v) is 1.90. The molecule has 0 aliphatic heterocycles. The van der Waals surface area contributed by atoms with Gasteiger partial charge in [0, 0.05) is 26.8 Å². The molecule has 1 atom stereocenters. The number of carboxylic acid groups (broad SMARTS) is 1. The summed E-state index contributed by atoms with van der Waals surface area (Å²) in [6.07, 6.45) is 1.64. The fourth-order valence-electron chi connectivity index (χ4n) is 1.90. The summed E-state index contributed by atoms with van der Waals surface area (Å²) in [4.78, 5) is 21.6. The number of hydrogen-bond donors (Lipinski definition) is 2. The average molecular weight is 286 g/mol. The Morgan fingerprint density at radius 1 is 1.29 bits per heavy atom. The second-order valence-electron chi connectivity index (χ2n) is 4.82. The Kier molecular flexibility index (Phi) is 4.71. The van der Waals surface area contributed by atoms with Crippen LogP contribution in [0.15, 0.2) is 42.6 Å². The quantitative estimate of drug-likeness (QED) is 0.843. The van der Waals surface area contributed by atoms with Gasteiger partial charge in [0.1, 0.15) is 5.82 Å². The van der Waals surface area contributed by atoms with Crippen molar-refractivity contribution in [3.05, 3.63) is 48.2 Å². The Hall–Kier alpha value is -2.63. The lowest BCUT2D eigenvalue weighted by Crippen LogP contribution is -2.22. The van der Waals surface area contributed by atoms with E-state index < -0.39 is 11.9 Å². The van der Waals surface area contributed by atoms with Gasteiger partial charge in [0.05, 0.1) is 5.92 Å². The van der Waals surface area contributed by atoms with Crippen molar-refractivity contribution in [3.8, 4) is 0 Å². The van der Waals surface area contributed by atoms with Crippen LogP contribution in [-0.2, 0) is 4.79 Å². The number of aromatic nitrogens is 2. The van der Waals surface area contributed by atoms with E-state index in [2.05, 4.69) is 15.3 Å². The number of nitrogens with one attached hydrogen (secondary N) is 1. The highest BCUT2D eigenvalue weighted by molar-refractivity contribution is 5.76. The van der Waals surface area contributed by atoms with Crippen molar-refractivity contribution >= 4 is 17.7 Å². The van der Waals surface area contributed by atoms with Gasteiger partial charge in [-0.15, -0.1) is 0 Å². The number of aliphatic carboxylic acids is 1. The number of benzene rings is 1. The van der Waals surface area contributed by atoms with E-state index in [1.807, 2.05) is 44.4 Å². The van der Waals surface area contributed by atoms with E-state index in [9.17, 15) is 9.90 Å². The minimum atomic E-state index is -0.865. The molecule has 0 aliphatic carbocycles. The first-order valence-electron chi connectivity index (χ1n) is 6.60. The molecule has 0 amide bonds. The maximum absolute atomic E-state index is 11.4. The molecule has 0 saturated carbocycles. The van der Waals surface area contributed by atoms with E-state index in [1.54, 1.807) is 17.2 Å². The Bertz CT molecular complexity index is 602. The summed E-state index contributed by atoms with van der Waals surface area (Å²) in [5.41, 5.74) is 0.763. The molecule has 0 radical (unpaired) electrons. The molecule has 6 nitrogen and oxygen atoms in total. The van der Waals surface area contributed by atoms with Crippen molar-refractivity contribution in [1.82, 2.24) is 9.97 Å². The van der Waals surface area contributed by atoms with Gasteiger partial charge >= 0.3 is 5.97 Å². The third kappa shape index (κ3) is 3.92. The first-order chi connectivity index (χ1) is 10.1. The normalized spacial score (nSPS) is 11.7. The summed E-state index contributed by atoms with van der Waals surface area (Å²) >= 11 is 0. The molecule has 110 valence electrons. The summed E-state index contributed by atoms with van der Waals surface area (Å²) in [5, 5.41) is 12.4. The maximum Gasteiger partial charge on any atom is 0.312 e. The summed E-state index contributed by atoms with van der Waals surface area (Å²) in [6.45, 7) is 0.267. The van der Waals surface area contributed by atoms with Crippen molar-refractivity contribution in [1.29, 1.82) is 0 Å². The predicted molar refractivity (Wildman–Crippen MR) is 81.7 cm³/mol. The van der Waals surface area contributed by atoms with Gasteiger partial charge in [0.15, 0.2) is 0 Å². The highest BCUT2D eigenvalue weighted by Gasteiger charge is 2.19. The van der Waals surface area contributed by atoms with Crippen LogP contribution < -0.4 is 10.2 Å². The summed E-state index contributed by atoms with van der Waals surface area (Å²) < 4.78 is 0. The lowest BCUT2D eigenvalue weighted by molar-refractivity contribution is -0.138. The van der Waals surface area contributed by atoms with Crippen molar-refractivity contribution in [2.45, 2.75) is 5.92 Å². The number of carboxylic acids is 1. The van der Waals surface area contributed by atoms with Gasteiger partial charge in [-0.05, 0) is 11.6 Å². The van der Waals surface area contributed by atoms with E-state index in [1.165, 1.54) is 0 Å². The minimum absolute atomic E-state index is 0.267. The molecule has 0 fully saturated rings. The van der Waals surface area contributed by atoms with Crippen molar-refractivity contribution in [2.24, 2.45) is 0 Å². The molecule has 2 rings (SSSR count). The summed E-state index contributed by atoms with van der Waals surface area (Å²) in [7, 11) is 3.70. The van der Waals surface area contributed by atoms with Crippen LogP contribution in [0.2, 0.25) is 0 Å². The van der Waals surface area contributed by atoms with Crippen molar-refractivity contribution < 1.29 is 9.90 Å². The maximum atomic E-state index is 11.4. The third-order valence-electron chi connectivity index (χ3n) is 3.03. The van der Waals surface area contributed by atoms with E-state index in [-0.39, 0.29) is 6.54 Å². The standard InChI is InChI=1S/C15H18N4O2/c1-19(2)15-16-9-8-13(18-15)17-10-12(14(20)21)11-6-4-3-5-7-11/h3-9,12H,10H2,1-2H3,(H,20,21)(H,16,17,18). The lowest BCUT2D eigenvalue weighted by Gasteiger charge is -2.15. The van der Waals surface area contributed by atoms with Gasteiger partial charge < -0.3 is 15.3 Å². The Labute approximate surface area is 123 Å². The van der Waals surface area contributed by atoms with E-state index in [0.717, 1.165) is 5.56 Å². The smallest absolute Gasteiger partial charge is 0.312 e. The van der Waals surface area contributed by atoms with Crippen LogP contribution in [0, 0.1) is 0 Å². The van der Waals surface area contributed by atoms with Crippen molar-refractivity contribution in [3.63, 3.8) is 0 Å². The largest absolute Gasteiger partial charge is 0.481 e. The van der Waals surface area contributed by atoms with E-state index in [4.69, 9.17) is 0 Å². The van der Waals surface area contributed by atoms with Crippen LogP contribution in [-0.4, -0.2) is 41.7 Å². The molecule has 0 aliphatic rings. The van der Waals surface area contributed by atoms with Crippen molar-refractivity contribution in [2.75, 3.05) is 30.9 Å². The van der Waals surface area contributed by atoms with Gasteiger partial charge in [0.25, 0.3) is 0 Å². The molecule has 0 spiro atoms. The Morgan fingerprint density at radius 2 is 2.00 bits per heavy atom. The van der Waals surface area contributed by atoms with Crippen LogP contribution in [0.25, 0.3) is 0 Å². The lowest BCUT2D eigenvalue weighted by atomic mass is 9.99. The topological polar surface area (TPSA) is 78.4 Å². The van der Waals surface area contributed by atoms with Crippen LogP contribution in [0.1, 0.15) is 11.5 Å². The zero-order valence-electron chi connectivity index (χ0n) is 12.0. The number of rotatable bonds is 6. The monoisotopic (exact) mass is 286 g/mol. The molecule has 2 N–H and O–H groups in total. The molecule has 1 heterocycles. The highest BCUT2D eigenvalue weighted by Crippen LogP contribution is 2.17.